The second-order valence-electron chi connectivity index (χ2n) is 5.30. The third kappa shape index (κ3) is 2.27. The first-order chi connectivity index (χ1) is 9.80. The Morgan fingerprint density at radius 2 is 1.90 bits per heavy atom. The van der Waals surface area contributed by atoms with Crippen molar-refractivity contribution in [2.24, 2.45) is 16.5 Å². The SMILES string of the molecule is NC1=NC(N)(c2ccc3c(c2)CCC3)C(C(F)(F)F)=CN1. The van der Waals surface area contributed by atoms with Gasteiger partial charge in [-0.2, -0.15) is 13.2 Å². The van der Waals surface area contributed by atoms with Gasteiger partial charge in [-0.05, 0) is 36.0 Å². The number of benzene rings is 1. The van der Waals surface area contributed by atoms with Crippen LogP contribution >= 0.6 is 0 Å². The number of rotatable bonds is 1. The molecule has 112 valence electrons. The van der Waals surface area contributed by atoms with Gasteiger partial charge >= 0.3 is 6.18 Å². The van der Waals surface area contributed by atoms with E-state index in [1.165, 1.54) is 0 Å². The molecule has 3 rings (SSSR count). The highest BCUT2D eigenvalue weighted by Gasteiger charge is 2.49. The molecular formula is C14H15F3N4. The van der Waals surface area contributed by atoms with Crippen LogP contribution in [-0.2, 0) is 18.5 Å². The van der Waals surface area contributed by atoms with Crippen molar-refractivity contribution in [2.75, 3.05) is 0 Å². The summed E-state index contributed by atoms with van der Waals surface area (Å²) in [6, 6.07) is 5.14. The van der Waals surface area contributed by atoms with Crippen LogP contribution in [-0.4, -0.2) is 12.1 Å². The summed E-state index contributed by atoms with van der Waals surface area (Å²) < 4.78 is 39.7. The van der Waals surface area contributed by atoms with E-state index in [4.69, 9.17) is 11.5 Å². The van der Waals surface area contributed by atoms with Crippen molar-refractivity contribution >= 4 is 5.96 Å². The first-order valence-electron chi connectivity index (χ1n) is 6.61. The number of nitrogens with zero attached hydrogens (tertiary/aromatic N) is 1. The molecular weight excluding hydrogens is 281 g/mol. The fourth-order valence-electron chi connectivity index (χ4n) is 2.87. The van der Waals surface area contributed by atoms with Crippen LogP contribution in [0.3, 0.4) is 0 Å². The quantitative estimate of drug-likeness (QED) is 0.737. The molecule has 1 unspecified atom stereocenters. The largest absolute Gasteiger partial charge is 0.418 e. The fraction of sp³-hybridized carbons (Fsp3) is 0.357. The van der Waals surface area contributed by atoms with E-state index in [-0.39, 0.29) is 5.96 Å². The predicted molar refractivity (Wildman–Crippen MR) is 73.2 cm³/mol. The van der Waals surface area contributed by atoms with Gasteiger partial charge in [0.2, 0.25) is 0 Å². The van der Waals surface area contributed by atoms with Crippen molar-refractivity contribution in [1.29, 1.82) is 0 Å². The molecule has 1 aromatic carbocycles. The lowest BCUT2D eigenvalue weighted by Gasteiger charge is -2.33. The van der Waals surface area contributed by atoms with Crippen molar-refractivity contribution in [3.8, 4) is 0 Å². The number of aliphatic imine (C=N–C) groups is 1. The third-order valence-corrected chi connectivity index (χ3v) is 3.92. The molecule has 1 atom stereocenters. The maximum Gasteiger partial charge on any atom is 0.418 e. The van der Waals surface area contributed by atoms with Gasteiger partial charge < -0.3 is 11.1 Å². The number of fused-ring (bicyclic) bond motifs is 1. The molecule has 0 fully saturated rings. The highest BCUT2D eigenvalue weighted by atomic mass is 19.4. The Balaban J connectivity index is 2.12. The number of hydrogen-bond acceptors (Lipinski definition) is 4. The molecule has 0 radical (unpaired) electrons. The van der Waals surface area contributed by atoms with E-state index in [0.29, 0.717) is 5.56 Å². The molecule has 0 aromatic heterocycles. The van der Waals surface area contributed by atoms with Crippen LogP contribution in [0, 0.1) is 0 Å². The normalized spacial score (nSPS) is 25.0. The van der Waals surface area contributed by atoms with Crippen molar-refractivity contribution in [3.05, 3.63) is 46.7 Å². The molecule has 0 saturated heterocycles. The first kappa shape index (κ1) is 13.9. The summed E-state index contributed by atoms with van der Waals surface area (Å²) in [4.78, 5) is 3.83. The van der Waals surface area contributed by atoms with Crippen molar-refractivity contribution in [3.63, 3.8) is 0 Å². The molecule has 1 aliphatic carbocycles. The van der Waals surface area contributed by atoms with Crippen LogP contribution in [0.5, 0.6) is 0 Å². The van der Waals surface area contributed by atoms with Crippen LogP contribution in [0.1, 0.15) is 23.1 Å². The molecule has 1 heterocycles. The first-order valence-corrected chi connectivity index (χ1v) is 6.61. The van der Waals surface area contributed by atoms with E-state index >= 15 is 0 Å². The predicted octanol–water partition coefficient (Wildman–Crippen LogP) is 1.65. The van der Waals surface area contributed by atoms with Gasteiger partial charge in [0.05, 0.1) is 5.57 Å². The minimum Gasteiger partial charge on any atom is -0.370 e. The Hall–Kier alpha value is -2.02. The molecule has 1 aromatic rings. The van der Waals surface area contributed by atoms with Crippen LogP contribution in [0.4, 0.5) is 13.2 Å². The maximum absolute atomic E-state index is 13.2. The van der Waals surface area contributed by atoms with Gasteiger partial charge in [-0.15, -0.1) is 0 Å². The van der Waals surface area contributed by atoms with E-state index in [0.717, 1.165) is 36.6 Å². The lowest BCUT2D eigenvalue weighted by atomic mass is 9.89. The van der Waals surface area contributed by atoms with Gasteiger partial charge in [-0.3, -0.25) is 5.73 Å². The zero-order valence-electron chi connectivity index (χ0n) is 11.2. The average molecular weight is 296 g/mol. The van der Waals surface area contributed by atoms with Gasteiger partial charge in [0.15, 0.2) is 11.6 Å². The number of halogens is 3. The van der Waals surface area contributed by atoms with E-state index in [1.54, 1.807) is 12.1 Å². The molecule has 0 saturated carbocycles. The fourth-order valence-corrected chi connectivity index (χ4v) is 2.87. The number of aryl methyl sites for hydroxylation is 2. The molecule has 0 bridgehead atoms. The molecule has 21 heavy (non-hydrogen) atoms. The summed E-state index contributed by atoms with van der Waals surface area (Å²) in [6.45, 7) is 0. The summed E-state index contributed by atoms with van der Waals surface area (Å²) in [5.74, 6) is -0.133. The summed E-state index contributed by atoms with van der Waals surface area (Å²) in [7, 11) is 0. The minimum atomic E-state index is -4.59. The van der Waals surface area contributed by atoms with Crippen LogP contribution in [0.2, 0.25) is 0 Å². The monoisotopic (exact) mass is 296 g/mol. The highest BCUT2D eigenvalue weighted by Crippen LogP contribution is 2.41. The molecule has 1 aliphatic heterocycles. The maximum atomic E-state index is 13.2. The van der Waals surface area contributed by atoms with Gasteiger partial charge in [-0.25, -0.2) is 4.99 Å². The van der Waals surface area contributed by atoms with E-state index < -0.39 is 17.4 Å². The second kappa shape index (κ2) is 4.49. The Morgan fingerprint density at radius 3 is 2.62 bits per heavy atom. The lowest BCUT2D eigenvalue weighted by Crippen LogP contribution is -2.49. The number of alkyl halides is 3. The molecule has 5 N–H and O–H groups in total. The number of nitrogens with two attached hydrogens (primary N) is 2. The van der Waals surface area contributed by atoms with Gasteiger partial charge in [0.1, 0.15) is 0 Å². The average Bonchev–Trinajstić information content (AvgIpc) is 2.83. The van der Waals surface area contributed by atoms with E-state index in [9.17, 15) is 13.2 Å². The van der Waals surface area contributed by atoms with Crippen LogP contribution in [0.15, 0.2) is 35.0 Å². The van der Waals surface area contributed by atoms with Crippen LogP contribution < -0.4 is 16.8 Å². The zero-order chi connectivity index (χ0) is 15.3. The van der Waals surface area contributed by atoms with Crippen LogP contribution in [0.25, 0.3) is 0 Å². The Kier molecular flexibility index (Phi) is 2.98. The Bertz CT molecular complexity index is 648. The second-order valence-corrected chi connectivity index (χ2v) is 5.30. The van der Waals surface area contributed by atoms with Gasteiger partial charge in [0, 0.05) is 6.20 Å². The molecule has 0 spiro atoms. The summed E-state index contributed by atoms with van der Waals surface area (Å²) in [5, 5.41) is 2.28. The Morgan fingerprint density at radius 1 is 1.19 bits per heavy atom. The van der Waals surface area contributed by atoms with Gasteiger partial charge in [-0.1, -0.05) is 18.2 Å². The molecule has 4 nitrogen and oxygen atoms in total. The summed E-state index contributed by atoms with van der Waals surface area (Å²) in [5.41, 5.74) is 11.0. The van der Waals surface area contributed by atoms with Gasteiger partial charge in [0.25, 0.3) is 0 Å². The van der Waals surface area contributed by atoms with Crippen molar-refractivity contribution in [2.45, 2.75) is 31.1 Å². The number of hydrogen-bond donors (Lipinski definition) is 3. The van der Waals surface area contributed by atoms with Crippen molar-refractivity contribution in [1.82, 2.24) is 5.32 Å². The number of guanidine groups is 1. The summed E-state index contributed by atoms with van der Waals surface area (Å²) in [6.07, 6.45) is -1.00. The smallest absolute Gasteiger partial charge is 0.370 e. The topological polar surface area (TPSA) is 76.4 Å². The van der Waals surface area contributed by atoms with E-state index in [1.807, 2.05) is 6.07 Å². The third-order valence-electron chi connectivity index (χ3n) is 3.92. The number of nitrogens with one attached hydrogen (secondary N) is 1. The zero-order valence-corrected chi connectivity index (χ0v) is 11.2. The molecule has 0 amide bonds. The highest BCUT2D eigenvalue weighted by molar-refractivity contribution is 5.81. The lowest BCUT2D eigenvalue weighted by molar-refractivity contribution is -0.102. The minimum absolute atomic E-state index is 0.133. The molecule has 7 heteroatoms. The Labute approximate surface area is 119 Å². The van der Waals surface area contributed by atoms with Crippen molar-refractivity contribution < 1.29 is 13.2 Å². The molecule has 2 aliphatic rings. The standard InChI is InChI=1S/C14H15F3N4/c15-14(16,17)11-7-20-12(18)21-13(11,19)10-5-4-8-2-1-3-9(8)6-10/h4-7H,1-3,19H2,(H3,18,20,21). The van der Waals surface area contributed by atoms with E-state index in [2.05, 4.69) is 10.3 Å². The summed E-state index contributed by atoms with van der Waals surface area (Å²) >= 11 is 0.